The van der Waals surface area contributed by atoms with Crippen LogP contribution in [0.5, 0.6) is 0 Å². The maximum atomic E-state index is 11.0. The number of fused-ring (bicyclic) bond motifs is 1. The molecule has 0 bridgehead atoms. The predicted molar refractivity (Wildman–Crippen MR) is 78.6 cm³/mol. The van der Waals surface area contributed by atoms with Crippen LogP contribution in [-0.4, -0.2) is 11.5 Å². The number of rotatable bonds is 6. The van der Waals surface area contributed by atoms with Gasteiger partial charge in [-0.15, -0.1) is 0 Å². The van der Waals surface area contributed by atoms with E-state index < -0.39 is 0 Å². The number of nitrogens with zero attached hydrogens (tertiary/aromatic N) is 1. The van der Waals surface area contributed by atoms with Crippen molar-refractivity contribution in [1.29, 1.82) is 0 Å². The minimum Gasteiger partial charge on any atom is -0.385 e. The normalized spacial score (nSPS) is 10.6. The monoisotopic (exact) mass is 258 g/mol. The first-order valence-corrected chi connectivity index (χ1v) is 6.64. The van der Waals surface area contributed by atoms with Gasteiger partial charge in [0.15, 0.2) is 0 Å². The number of anilines is 1. The van der Waals surface area contributed by atoms with Gasteiger partial charge in [0.25, 0.3) is 5.69 Å². The zero-order valence-electron chi connectivity index (χ0n) is 11.1. The number of hydrogen-bond acceptors (Lipinski definition) is 3. The molecule has 0 amide bonds. The largest absolute Gasteiger partial charge is 0.385 e. The van der Waals surface area contributed by atoms with Crippen molar-refractivity contribution in [2.24, 2.45) is 0 Å². The van der Waals surface area contributed by atoms with Crippen LogP contribution in [0.25, 0.3) is 10.8 Å². The molecule has 0 heterocycles. The highest BCUT2D eigenvalue weighted by Crippen LogP contribution is 2.31. The molecule has 2 aromatic rings. The Kier molecular flexibility index (Phi) is 4.34. The lowest BCUT2D eigenvalue weighted by molar-refractivity contribution is -0.383. The molecule has 0 aliphatic rings. The van der Waals surface area contributed by atoms with Crippen LogP contribution < -0.4 is 5.32 Å². The van der Waals surface area contributed by atoms with E-state index in [1.54, 1.807) is 18.2 Å². The third-order valence-electron chi connectivity index (χ3n) is 3.19. The molecule has 0 aliphatic heterocycles. The molecule has 100 valence electrons. The van der Waals surface area contributed by atoms with Crippen LogP contribution in [0.1, 0.15) is 26.2 Å². The molecule has 2 aromatic carbocycles. The zero-order chi connectivity index (χ0) is 13.7. The minimum atomic E-state index is -0.330. The van der Waals surface area contributed by atoms with Crippen molar-refractivity contribution >= 4 is 22.1 Å². The fourth-order valence-electron chi connectivity index (χ4n) is 2.19. The summed E-state index contributed by atoms with van der Waals surface area (Å²) in [4.78, 5) is 10.7. The Morgan fingerprint density at radius 1 is 1.11 bits per heavy atom. The lowest BCUT2D eigenvalue weighted by Crippen LogP contribution is -2.02. The van der Waals surface area contributed by atoms with Crippen LogP contribution >= 0.6 is 0 Å². The van der Waals surface area contributed by atoms with E-state index in [2.05, 4.69) is 12.2 Å². The maximum Gasteiger partial charge on any atom is 0.277 e. The molecule has 0 fully saturated rings. The summed E-state index contributed by atoms with van der Waals surface area (Å²) in [6.07, 6.45) is 3.49. The van der Waals surface area contributed by atoms with Crippen molar-refractivity contribution in [3.05, 3.63) is 46.5 Å². The molecule has 2 rings (SSSR count). The van der Waals surface area contributed by atoms with E-state index in [1.165, 1.54) is 12.8 Å². The minimum absolute atomic E-state index is 0.162. The van der Waals surface area contributed by atoms with Crippen molar-refractivity contribution in [3.63, 3.8) is 0 Å². The Balaban J connectivity index is 2.30. The Morgan fingerprint density at radius 3 is 2.53 bits per heavy atom. The maximum absolute atomic E-state index is 11.0. The van der Waals surface area contributed by atoms with Crippen molar-refractivity contribution in [1.82, 2.24) is 0 Å². The van der Waals surface area contributed by atoms with E-state index in [9.17, 15) is 10.1 Å². The van der Waals surface area contributed by atoms with Crippen molar-refractivity contribution in [2.45, 2.75) is 26.2 Å². The highest BCUT2D eigenvalue weighted by molar-refractivity contribution is 5.99. The molecule has 4 heteroatoms. The molecule has 0 aliphatic carbocycles. The third kappa shape index (κ3) is 3.02. The molecule has 0 radical (unpaired) electrons. The lowest BCUT2D eigenvalue weighted by atomic mass is 10.1. The zero-order valence-corrected chi connectivity index (χ0v) is 11.1. The second-order valence-corrected chi connectivity index (χ2v) is 4.57. The lowest BCUT2D eigenvalue weighted by Gasteiger charge is -2.09. The van der Waals surface area contributed by atoms with Gasteiger partial charge in [-0.05, 0) is 18.6 Å². The molecule has 0 spiro atoms. The van der Waals surface area contributed by atoms with Gasteiger partial charge in [0, 0.05) is 23.7 Å². The van der Waals surface area contributed by atoms with Crippen molar-refractivity contribution < 1.29 is 4.92 Å². The van der Waals surface area contributed by atoms with E-state index in [4.69, 9.17) is 0 Å². The van der Waals surface area contributed by atoms with Crippen LogP contribution in [0.4, 0.5) is 11.4 Å². The quantitative estimate of drug-likeness (QED) is 0.476. The summed E-state index contributed by atoms with van der Waals surface area (Å²) in [7, 11) is 0. The van der Waals surface area contributed by atoms with Gasteiger partial charge in [-0.25, -0.2) is 0 Å². The number of unbranched alkanes of at least 4 members (excludes halogenated alkanes) is 2. The number of hydrogen-bond donors (Lipinski definition) is 1. The fourth-order valence-corrected chi connectivity index (χ4v) is 2.19. The second kappa shape index (κ2) is 6.18. The van der Waals surface area contributed by atoms with Crippen LogP contribution in [0.2, 0.25) is 0 Å². The molecule has 19 heavy (non-hydrogen) atoms. The van der Waals surface area contributed by atoms with Gasteiger partial charge in [-0.3, -0.25) is 10.1 Å². The van der Waals surface area contributed by atoms with E-state index in [-0.39, 0.29) is 10.6 Å². The van der Waals surface area contributed by atoms with E-state index in [1.807, 2.05) is 18.2 Å². The van der Waals surface area contributed by atoms with Gasteiger partial charge in [-0.2, -0.15) is 0 Å². The first-order valence-electron chi connectivity index (χ1n) is 6.64. The average Bonchev–Trinajstić information content (AvgIpc) is 2.43. The highest BCUT2D eigenvalue weighted by atomic mass is 16.6. The number of non-ortho nitro benzene ring substituents is 1. The number of nitro benzene ring substituents is 1. The average molecular weight is 258 g/mol. The fraction of sp³-hybridized carbons (Fsp3) is 0.333. The Labute approximate surface area is 112 Å². The summed E-state index contributed by atoms with van der Waals surface area (Å²) in [6.45, 7) is 3.07. The summed E-state index contributed by atoms with van der Waals surface area (Å²) in [6, 6.07) is 10.8. The molecule has 0 atom stereocenters. The van der Waals surface area contributed by atoms with Crippen molar-refractivity contribution in [2.75, 3.05) is 11.9 Å². The second-order valence-electron chi connectivity index (χ2n) is 4.57. The predicted octanol–water partition coefficient (Wildman–Crippen LogP) is 4.35. The number of benzene rings is 2. The summed E-state index contributed by atoms with van der Waals surface area (Å²) in [5.41, 5.74) is 1.13. The number of nitro groups is 1. The summed E-state index contributed by atoms with van der Waals surface area (Å²) in [5.74, 6) is 0. The smallest absolute Gasteiger partial charge is 0.277 e. The molecule has 1 N–H and O–H groups in total. The molecule has 0 saturated carbocycles. The first kappa shape index (κ1) is 13.3. The standard InChI is InChI=1S/C15H18N2O2/c1-2-3-6-11-16-14-9-10-15(17(18)19)13-8-5-4-7-12(13)14/h4-5,7-10,16H,2-3,6,11H2,1H3. The summed E-state index contributed by atoms with van der Waals surface area (Å²) in [5, 5.41) is 16.0. The first-order chi connectivity index (χ1) is 9.24. The molecule has 0 saturated heterocycles. The Bertz CT molecular complexity index is 581. The Hall–Kier alpha value is -2.10. The van der Waals surface area contributed by atoms with E-state index in [0.717, 1.165) is 24.0 Å². The topological polar surface area (TPSA) is 55.2 Å². The van der Waals surface area contributed by atoms with Gasteiger partial charge < -0.3 is 5.32 Å². The van der Waals surface area contributed by atoms with E-state index in [0.29, 0.717) is 5.39 Å². The number of nitrogens with one attached hydrogen (secondary N) is 1. The molecular formula is C15H18N2O2. The van der Waals surface area contributed by atoms with Gasteiger partial charge >= 0.3 is 0 Å². The van der Waals surface area contributed by atoms with E-state index >= 15 is 0 Å². The van der Waals surface area contributed by atoms with Gasteiger partial charge in [-0.1, -0.05) is 38.0 Å². The van der Waals surface area contributed by atoms with Gasteiger partial charge in [0.1, 0.15) is 0 Å². The molecule has 0 aromatic heterocycles. The van der Waals surface area contributed by atoms with Crippen LogP contribution in [0, 0.1) is 10.1 Å². The van der Waals surface area contributed by atoms with Crippen LogP contribution in [-0.2, 0) is 0 Å². The van der Waals surface area contributed by atoms with Gasteiger partial charge in [0.05, 0.1) is 10.3 Å². The van der Waals surface area contributed by atoms with Gasteiger partial charge in [0.2, 0.25) is 0 Å². The van der Waals surface area contributed by atoms with Crippen LogP contribution in [0.15, 0.2) is 36.4 Å². The van der Waals surface area contributed by atoms with Crippen molar-refractivity contribution in [3.8, 4) is 0 Å². The summed E-state index contributed by atoms with van der Waals surface area (Å²) >= 11 is 0. The SMILES string of the molecule is CCCCCNc1ccc([N+](=O)[O-])c2ccccc12. The Morgan fingerprint density at radius 2 is 1.84 bits per heavy atom. The van der Waals surface area contributed by atoms with Crippen LogP contribution in [0.3, 0.4) is 0 Å². The highest BCUT2D eigenvalue weighted by Gasteiger charge is 2.13. The molecular weight excluding hydrogens is 240 g/mol. The third-order valence-corrected chi connectivity index (χ3v) is 3.19. The molecule has 0 unspecified atom stereocenters. The molecule has 4 nitrogen and oxygen atoms in total. The summed E-state index contributed by atoms with van der Waals surface area (Å²) < 4.78 is 0.